The van der Waals surface area contributed by atoms with E-state index in [9.17, 15) is 9.59 Å². The van der Waals surface area contributed by atoms with E-state index in [1.54, 1.807) is 12.0 Å². The lowest BCUT2D eigenvalue weighted by atomic mass is 9.89. The predicted molar refractivity (Wildman–Crippen MR) is 186 cm³/mol. The van der Waals surface area contributed by atoms with Crippen LogP contribution in [0.25, 0.3) is 0 Å². The third-order valence-corrected chi connectivity index (χ3v) is 11.2. The second-order valence-electron chi connectivity index (χ2n) is 14.3. The van der Waals surface area contributed by atoms with Crippen LogP contribution in [-0.4, -0.2) is 106 Å². The van der Waals surface area contributed by atoms with Crippen molar-refractivity contribution in [3.05, 3.63) is 42.0 Å². The summed E-state index contributed by atoms with van der Waals surface area (Å²) in [6.07, 6.45) is 9.00. The number of nitrogens with one attached hydrogen (secondary N) is 2. The van der Waals surface area contributed by atoms with Gasteiger partial charge in [0.25, 0.3) is 5.91 Å². The van der Waals surface area contributed by atoms with Crippen molar-refractivity contribution in [3.63, 3.8) is 0 Å². The van der Waals surface area contributed by atoms with Gasteiger partial charge in [0.05, 0.1) is 24.2 Å². The Labute approximate surface area is 279 Å². The second-order valence-corrected chi connectivity index (χ2v) is 14.3. The summed E-state index contributed by atoms with van der Waals surface area (Å²) in [6, 6.07) is 12.6. The van der Waals surface area contributed by atoms with E-state index in [0.29, 0.717) is 30.6 Å². The van der Waals surface area contributed by atoms with Crippen LogP contribution >= 0.6 is 0 Å². The topological polar surface area (TPSA) is 89.6 Å². The number of carbonyl (C=O) groups is 2. The maximum Gasteiger partial charge on any atom is 0.251 e. The molecule has 2 aromatic rings. The summed E-state index contributed by atoms with van der Waals surface area (Å²) < 4.78 is 11.4. The SMILES string of the molecule is COc1cc(C(=O)NC2CCC(N3CCN(CC4CC4)CC3)CC2)ccc1Nc1ccc2c(c1)N(C1CCOCC1)[C@H](C)C(=O)N2C. The second kappa shape index (κ2) is 14.0. The van der Waals surface area contributed by atoms with Gasteiger partial charge in [-0.3, -0.25) is 14.5 Å². The lowest BCUT2D eigenvalue weighted by molar-refractivity contribution is -0.119. The number of carbonyl (C=O) groups excluding carboxylic acids is 2. The van der Waals surface area contributed by atoms with Crippen LogP contribution in [0, 0.1) is 5.92 Å². The first-order chi connectivity index (χ1) is 22.9. The van der Waals surface area contributed by atoms with Gasteiger partial charge in [-0.25, -0.2) is 0 Å². The Morgan fingerprint density at radius 3 is 2.34 bits per heavy atom. The number of nitrogens with zero attached hydrogens (tertiary/aromatic N) is 4. The van der Waals surface area contributed by atoms with Crippen molar-refractivity contribution in [2.45, 2.75) is 82.5 Å². The predicted octanol–water partition coefficient (Wildman–Crippen LogP) is 4.86. The number of anilines is 4. The van der Waals surface area contributed by atoms with Crippen LogP contribution in [0.1, 0.15) is 68.6 Å². The number of likely N-dealkylation sites (N-methyl/N-ethyl adjacent to an activating group) is 1. The molecule has 0 radical (unpaired) electrons. The van der Waals surface area contributed by atoms with Crippen LogP contribution in [0.4, 0.5) is 22.7 Å². The summed E-state index contributed by atoms with van der Waals surface area (Å²) in [6.45, 7) is 9.50. The van der Waals surface area contributed by atoms with Crippen molar-refractivity contribution in [2.75, 3.05) is 75.2 Å². The monoisotopic (exact) mass is 644 g/mol. The molecule has 2 aromatic carbocycles. The molecule has 254 valence electrons. The van der Waals surface area contributed by atoms with Crippen molar-refractivity contribution in [2.24, 2.45) is 5.92 Å². The smallest absolute Gasteiger partial charge is 0.251 e. The average molecular weight is 645 g/mol. The Bertz CT molecular complexity index is 1430. The fourth-order valence-electron chi connectivity index (χ4n) is 8.22. The Balaban J connectivity index is 0.968. The van der Waals surface area contributed by atoms with E-state index in [1.807, 2.05) is 44.3 Å². The fraction of sp³-hybridized carbons (Fsp3) is 0.622. The van der Waals surface area contributed by atoms with Crippen molar-refractivity contribution >= 4 is 34.6 Å². The Kier molecular flexibility index (Phi) is 9.61. The molecule has 0 aromatic heterocycles. The van der Waals surface area contributed by atoms with Crippen LogP contribution in [0.15, 0.2) is 36.4 Å². The molecule has 1 atom stereocenters. The zero-order chi connectivity index (χ0) is 32.5. The molecule has 3 aliphatic heterocycles. The molecule has 0 unspecified atom stereocenters. The Morgan fingerprint density at radius 2 is 1.64 bits per heavy atom. The molecule has 2 N–H and O–H groups in total. The fourth-order valence-corrected chi connectivity index (χ4v) is 8.22. The lowest BCUT2D eigenvalue weighted by Gasteiger charge is -2.45. The number of piperazine rings is 1. The molecular formula is C37H52N6O4. The van der Waals surface area contributed by atoms with Crippen LogP contribution < -0.4 is 25.2 Å². The lowest BCUT2D eigenvalue weighted by Crippen LogP contribution is -2.55. The Morgan fingerprint density at radius 1 is 0.894 bits per heavy atom. The highest BCUT2D eigenvalue weighted by molar-refractivity contribution is 6.05. The quantitative estimate of drug-likeness (QED) is 0.401. The third kappa shape index (κ3) is 7.10. The summed E-state index contributed by atoms with van der Waals surface area (Å²) in [7, 11) is 3.49. The van der Waals surface area contributed by atoms with Crippen molar-refractivity contribution in [1.29, 1.82) is 0 Å². The van der Waals surface area contributed by atoms with E-state index in [-0.39, 0.29) is 29.9 Å². The number of benzene rings is 2. The Hall–Kier alpha value is -3.34. The van der Waals surface area contributed by atoms with E-state index < -0.39 is 0 Å². The molecule has 3 heterocycles. The highest BCUT2D eigenvalue weighted by atomic mass is 16.5. The number of fused-ring (bicyclic) bond motifs is 1. The zero-order valence-corrected chi connectivity index (χ0v) is 28.4. The summed E-state index contributed by atoms with van der Waals surface area (Å²) in [5.74, 6) is 1.64. The maximum atomic E-state index is 13.3. The van der Waals surface area contributed by atoms with Gasteiger partial charge in [-0.1, -0.05) is 0 Å². The molecule has 10 nitrogen and oxygen atoms in total. The molecule has 4 fully saturated rings. The third-order valence-electron chi connectivity index (χ3n) is 11.2. The summed E-state index contributed by atoms with van der Waals surface area (Å²) in [4.78, 5) is 35.9. The van der Waals surface area contributed by atoms with E-state index in [0.717, 1.165) is 67.2 Å². The molecule has 2 saturated heterocycles. The minimum Gasteiger partial charge on any atom is -0.495 e. The molecule has 2 saturated carbocycles. The first-order valence-corrected chi connectivity index (χ1v) is 17.9. The largest absolute Gasteiger partial charge is 0.495 e. The van der Waals surface area contributed by atoms with E-state index in [4.69, 9.17) is 9.47 Å². The minimum absolute atomic E-state index is 0.0467. The first kappa shape index (κ1) is 32.2. The summed E-state index contributed by atoms with van der Waals surface area (Å²) >= 11 is 0. The van der Waals surface area contributed by atoms with Gasteiger partial charge >= 0.3 is 0 Å². The van der Waals surface area contributed by atoms with Crippen LogP contribution in [0.5, 0.6) is 5.75 Å². The minimum atomic E-state index is -0.249. The average Bonchev–Trinajstić information content (AvgIpc) is 3.93. The molecule has 7 rings (SSSR count). The number of rotatable bonds is 9. The van der Waals surface area contributed by atoms with Gasteiger partial charge < -0.3 is 34.8 Å². The van der Waals surface area contributed by atoms with Gasteiger partial charge in [0.2, 0.25) is 5.91 Å². The van der Waals surface area contributed by atoms with Gasteiger partial charge in [0.1, 0.15) is 11.8 Å². The zero-order valence-electron chi connectivity index (χ0n) is 28.4. The molecule has 2 amide bonds. The van der Waals surface area contributed by atoms with Gasteiger partial charge in [-0.05, 0) is 101 Å². The highest BCUT2D eigenvalue weighted by Gasteiger charge is 2.38. The molecule has 10 heteroatoms. The standard InChI is InChI=1S/C37H52N6O4/c1-25-37(45)40(2)33-13-9-29(23-34(33)43(25)31-14-20-47-21-15-31)38-32-12-6-27(22-35(32)46-3)36(44)39-28-7-10-30(11-8-28)42-18-16-41(17-19-42)24-26-4-5-26/h6,9,12-13,22-23,25-26,28,30-31,38H,4-5,7-8,10-11,14-21,24H2,1-3H3,(H,39,44)/t25-,28?,30?/m1/s1. The molecule has 2 aliphatic carbocycles. The van der Waals surface area contributed by atoms with Crippen molar-refractivity contribution in [1.82, 2.24) is 15.1 Å². The summed E-state index contributed by atoms with van der Waals surface area (Å²) in [5.41, 5.74) is 4.23. The van der Waals surface area contributed by atoms with Crippen LogP contribution in [0.3, 0.4) is 0 Å². The van der Waals surface area contributed by atoms with E-state index in [1.165, 1.54) is 45.6 Å². The van der Waals surface area contributed by atoms with E-state index >= 15 is 0 Å². The van der Waals surface area contributed by atoms with Gasteiger partial charge in [-0.15, -0.1) is 0 Å². The van der Waals surface area contributed by atoms with E-state index in [2.05, 4.69) is 31.4 Å². The molecule has 0 spiro atoms. The van der Waals surface area contributed by atoms with Gasteiger partial charge in [0.15, 0.2) is 0 Å². The van der Waals surface area contributed by atoms with Crippen LogP contribution in [0.2, 0.25) is 0 Å². The molecule has 5 aliphatic rings. The van der Waals surface area contributed by atoms with Crippen molar-refractivity contribution in [3.8, 4) is 5.75 Å². The number of methoxy groups -OCH3 is 1. The van der Waals surface area contributed by atoms with Gasteiger partial charge in [0, 0.05) is 82.4 Å². The van der Waals surface area contributed by atoms with Gasteiger partial charge in [-0.2, -0.15) is 0 Å². The maximum absolute atomic E-state index is 13.3. The summed E-state index contributed by atoms with van der Waals surface area (Å²) in [5, 5.41) is 6.83. The molecular weight excluding hydrogens is 592 g/mol. The molecule has 0 bridgehead atoms. The number of hydrogen-bond donors (Lipinski definition) is 2. The number of hydrogen-bond acceptors (Lipinski definition) is 8. The normalized spacial score (nSPS) is 26.2. The van der Waals surface area contributed by atoms with Crippen molar-refractivity contribution < 1.29 is 19.1 Å². The molecule has 47 heavy (non-hydrogen) atoms. The highest BCUT2D eigenvalue weighted by Crippen LogP contribution is 2.41. The number of amides is 2. The van der Waals surface area contributed by atoms with Crippen LogP contribution in [-0.2, 0) is 9.53 Å². The number of ether oxygens (including phenoxy) is 2. The first-order valence-electron chi connectivity index (χ1n) is 17.9.